The Morgan fingerprint density at radius 2 is 1.81 bits per heavy atom. The molecular formula is C16H26N2O2S. The van der Waals surface area contributed by atoms with E-state index in [1.165, 1.54) is 25.7 Å². The smallest absolute Gasteiger partial charge is 0.233 e. The van der Waals surface area contributed by atoms with Gasteiger partial charge in [-0.1, -0.05) is 37.9 Å². The van der Waals surface area contributed by atoms with Crippen LogP contribution in [0.4, 0.5) is 0 Å². The molecule has 0 spiro atoms. The van der Waals surface area contributed by atoms with Crippen LogP contribution in [0.15, 0.2) is 0 Å². The number of rotatable bonds is 4. The van der Waals surface area contributed by atoms with Gasteiger partial charge in [0.1, 0.15) is 0 Å². The zero-order chi connectivity index (χ0) is 14.9. The van der Waals surface area contributed by atoms with E-state index in [-0.39, 0.29) is 18.1 Å². The lowest BCUT2D eigenvalue weighted by molar-refractivity contribution is -0.129. The van der Waals surface area contributed by atoms with Gasteiger partial charge in [0.15, 0.2) is 0 Å². The molecule has 3 aliphatic rings. The van der Waals surface area contributed by atoms with E-state index >= 15 is 0 Å². The van der Waals surface area contributed by atoms with E-state index in [0.29, 0.717) is 10.9 Å². The molecule has 21 heavy (non-hydrogen) atoms. The van der Waals surface area contributed by atoms with Crippen LogP contribution in [0.3, 0.4) is 0 Å². The average Bonchev–Trinajstić information content (AvgIpc) is 3.24. The first-order valence-electron chi connectivity index (χ1n) is 8.36. The van der Waals surface area contributed by atoms with Crippen LogP contribution in [0.5, 0.6) is 0 Å². The number of carbonyl (C=O) groups excluding carboxylic acids is 1. The highest BCUT2D eigenvalue weighted by molar-refractivity contribution is 7.80. The number of ether oxygens (including phenoxy) is 1. The fourth-order valence-electron chi connectivity index (χ4n) is 3.88. The topological polar surface area (TPSA) is 64.4 Å². The van der Waals surface area contributed by atoms with Gasteiger partial charge in [-0.05, 0) is 38.0 Å². The fourth-order valence-corrected chi connectivity index (χ4v) is 4.18. The van der Waals surface area contributed by atoms with Gasteiger partial charge in [-0.2, -0.15) is 0 Å². The zero-order valence-electron chi connectivity index (χ0n) is 12.6. The molecule has 1 amide bonds. The van der Waals surface area contributed by atoms with Crippen molar-refractivity contribution in [3.05, 3.63) is 0 Å². The minimum Gasteiger partial charge on any atom is -0.392 e. The molecule has 3 rings (SSSR count). The summed E-state index contributed by atoms with van der Waals surface area (Å²) in [5.41, 5.74) is 5.37. The van der Waals surface area contributed by atoms with Gasteiger partial charge in [-0.15, -0.1) is 0 Å². The first kappa shape index (κ1) is 15.2. The van der Waals surface area contributed by atoms with E-state index in [1.807, 2.05) is 0 Å². The van der Waals surface area contributed by atoms with E-state index in [4.69, 9.17) is 22.7 Å². The lowest BCUT2D eigenvalue weighted by Crippen LogP contribution is -2.53. The summed E-state index contributed by atoms with van der Waals surface area (Å²) in [7, 11) is 0. The van der Waals surface area contributed by atoms with Gasteiger partial charge in [-0.25, -0.2) is 0 Å². The molecule has 0 aromatic heterocycles. The Morgan fingerprint density at radius 1 is 1.14 bits per heavy atom. The maximum absolute atomic E-state index is 12.9. The van der Waals surface area contributed by atoms with Crippen molar-refractivity contribution >= 4 is 23.1 Å². The largest absolute Gasteiger partial charge is 0.392 e. The van der Waals surface area contributed by atoms with E-state index in [0.717, 1.165) is 38.7 Å². The summed E-state index contributed by atoms with van der Waals surface area (Å²) in [5.74, 6) is 0.700. The van der Waals surface area contributed by atoms with Crippen molar-refractivity contribution in [2.45, 2.75) is 69.9 Å². The predicted molar refractivity (Wildman–Crippen MR) is 85.9 cm³/mol. The first-order valence-corrected chi connectivity index (χ1v) is 8.77. The van der Waals surface area contributed by atoms with Crippen LogP contribution in [0, 0.1) is 11.3 Å². The Kier molecular flexibility index (Phi) is 4.50. The van der Waals surface area contributed by atoms with Crippen LogP contribution in [-0.2, 0) is 9.53 Å². The molecule has 5 heteroatoms. The van der Waals surface area contributed by atoms with E-state index < -0.39 is 5.41 Å². The van der Waals surface area contributed by atoms with Crippen LogP contribution in [0.2, 0.25) is 0 Å². The fraction of sp³-hybridized carbons (Fsp3) is 0.875. The van der Waals surface area contributed by atoms with Gasteiger partial charge in [0.2, 0.25) is 5.91 Å². The summed E-state index contributed by atoms with van der Waals surface area (Å²) >= 11 is 5.28. The van der Waals surface area contributed by atoms with E-state index in [2.05, 4.69) is 5.32 Å². The van der Waals surface area contributed by atoms with Crippen LogP contribution in [-0.4, -0.2) is 29.6 Å². The summed E-state index contributed by atoms with van der Waals surface area (Å²) in [6.07, 6.45) is 9.63. The third kappa shape index (κ3) is 3.09. The molecular weight excluding hydrogens is 284 g/mol. The standard InChI is InChI=1S/C16H26N2O2S/c17-14(21)16(8-3-1-2-4-9-16)15(19)18-12-7-10-20-13(12)11-5-6-11/h11-13H,1-10H2,(H2,17,21)(H,18,19). The Hall–Kier alpha value is -0.680. The maximum atomic E-state index is 12.9. The second-order valence-corrected chi connectivity index (χ2v) is 7.34. The Bertz CT molecular complexity index is 415. The number of carbonyl (C=O) groups is 1. The summed E-state index contributed by atoms with van der Waals surface area (Å²) in [4.78, 5) is 13.3. The predicted octanol–water partition coefficient (Wildman–Crippen LogP) is 2.30. The molecule has 3 fully saturated rings. The lowest BCUT2D eigenvalue weighted by atomic mass is 9.79. The molecule has 1 aliphatic heterocycles. The van der Waals surface area contributed by atoms with E-state index in [9.17, 15) is 4.79 Å². The molecule has 1 saturated heterocycles. The van der Waals surface area contributed by atoms with Gasteiger partial charge < -0.3 is 15.8 Å². The minimum absolute atomic E-state index is 0.0538. The van der Waals surface area contributed by atoms with Crippen molar-refractivity contribution in [3.63, 3.8) is 0 Å². The summed E-state index contributed by atoms with van der Waals surface area (Å²) < 4.78 is 5.82. The highest BCUT2D eigenvalue weighted by Crippen LogP contribution is 2.40. The number of hydrogen-bond acceptors (Lipinski definition) is 3. The molecule has 0 aromatic carbocycles. The van der Waals surface area contributed by atoms with Gasteiger partial charge in [0.25, 0.3) is 0 Å². The van der Waals surface area contributed by atoms with Crippen molar-refractivity contribution in [1.29, 1.82) is 0 Å². The van der Waals surface area contributed by atoms with Crippen molar-refractivity contribution in [2.75, 3.05) is 6.61 Å². The summed E-state index contributed by atoms with van der Waals surface area (Å²) in [5, 5.41) is 3.24. The van der Waals surface area contributed by atoms with Crippen LogP contribution >= 0.6 is 12.2 Å². The van der Waals surface area contributed by atoms with Crippen LogP contribution in [0.25, 0.3) is 0 Å². The average molecular weight is 310 g/mol. The number of thiocarbonyl (C=S) groups is 1. The summed E-state index contributed by atoms with van der Waals surface area (Å²) in [6, 6.07) is 0.152. The number of nitrogens with one attached hydrogen (secondary N) is 1. The second kappa shape index (κ2) is 6.21. The monoisotopic (exact) mass is 310 g/mol. The van der Waals surface area contributed by atoms with Crippen molar-refractivity contribution in [1.82, 2.24) is 5.32 Å². The van der Waals surface area contributed by atoms with Gasteiger partial charge in [-0.3, -0.25) is 4.79 Å². The molecule has 118 valence electrons. The second-order valence-electron chi connectivity index (χ2n) is 6.90. The maximum Gasteiger partial charge on any atom is 0.233 e. The zero-order valence-corrected chi connectivity index (χ0v) is 13.4. The van der Waals surface area contributed by atoms with Crippen LogP contribution in [0.1, 0.15) is 57.8 Å². The molecule has 4 nitrogen and oxygen atoms in total. The molecule has 2 saturated carbocycles. The molecule has 0 bridgehead atoms. The quantitative estimate of drug-likeness (QED) is 0.618. The third-order valence-electron chi connectivity index (χ3n) is 5.40. The van der Waals surface area contributed by atoms with Crippen molar-refractivity contribution < 1.29 is 9.53 Å². The Balaban J connectivity index is 1.70. The molecule has 1 heterocycles. The van der Waals surface area contributed by atoms with Gasteiger partial charge >= 0.3 is 0 Å². The van der Waals surface area contributed by atoms with Crippen molar-refractivity contribution in [2.24, 2.45) is 17.1 Å². The first-order chi connectivity index (χ1) is 10.1. The third-order valence-corrected chi connectivity index (χ3v) is 5.79. The Labute approximate surface area is 132 Å². The molecule has 0 aromatic rings. The van der Waals surface area contributed by atoms with E-state index in [1.54, 1.807) is 0 Å². The molecule has 2 atom stereocenters. The number of amides is 1. The highest BCUT2D eigenvalue weighted by Gasteiger charge is 2.46. The molecule has 3 N–H and O–H groups in total. The normalized spacial score (nSPS) is 32.4. The van der Waals surface area contributed by atoms with Crippen molar-refractivity contribution in [3.8, 4) is 0 Å². The number of nitrogens with two attached hydrogens (primary N) is 1. The Morgan fingerprint density at radius 3 is 2.38 bits per heavy atom. The highest BCUT2D eigenvalue weighted by atomic mass is 32.1. The summed E-state index contributed by atoms with van der Waals surface area (Å²) in [6.45, 7) is 0.756. The molecule has 2 unspecified atom stereocenters. The lowest BCUT2D eigenvalue weighted by Gasteiger charge is -2.32. The molecule has 0 radical (unpaired) electrons. The van der Waals surface area contributed by atoms with Gasteiger partial charge in [0.05, 0.1) is 22.5 Å². The SMILES string of the molecule is NC(=S)C1(C(=O)NC2CCOC2C2CC2)CCCCCC1. The molecule has 2 aliphatic carbocycles. The van der Waals surface area contributed by atoms with Gasteiger partial charge in [0, 0.05) is 6.61 Å². The minimum atomic E-state index is -0.622. The number of hydrogen-bond donors (Lipinski definition) is 2. The van der Waals surface area contributed by atoms with Crippen LogP contribution < -0.4 is 11.1 Å².